The molecule has 0 saturated carbocycles. The maximum absolute atomic E-state index is 9.10. The summed E-state index contributed by atoms with van der Waals surface area (Å²) < 4.78 is 6.62. The number of nitrogens with one attached hydrogen (secondary N) is 1. The minimum atomic E-state index is -1.82. The molecule has 0 fully saturated rings. The van der Waals surface area contributed by atoms with E-state index in [4.69, 9.17) is 36.1 Å². The van der Waals surface area contributed by atoms with E-state index in [0.29, 0.717) is 11.6 Å². The summed E-state index contributed by atoms with van der Waals surface area (Å²) in [5.74, 6) is -2.91. The number of aryl methyl sites for hydroxylation is 1. The molecule has 1 aromatic carbocycles. The lowest BCUT2D eigenvalue weighted by atomic mass is 10.2. The van der Waals surface area contributed by atoms with Gasteiger partial charge in [-0.3, -0.25) is 0 Å². The number of unbranched alkanes of at least 4 members (excludes halogenated alkanes) is 1. The van der Waals surface area contributed by atoms with Crippen LogP contribution in [0, 0.1) is 6.92 Å². The Morgan fingerprint density at radius 2 is 1.96 bits per heavy atom. The molecule has 0 radical (unpaired) electrons. The van der Waals surface area contributed by atoms with E-state index < -0.39 is 11.9 Å². The van der Waals surface area contributed by atoms with Crippen molar-refractivity contribution >= 4 is 39.5 Å². The number of ether oxygens (including phenoxy) is 1. The van der Waals surface area contributed by atoms with Crippen molar-refractivity contribution in [3.8, 4) is 5.75 Å². The Morgan fingerprint density at radius 3 is 2.46 bits per heavy atom. The molecule has 0 aliphatic heterocycles. The van der Waals surface area contributed by atoms with Crippen molar-refractivity contribution in [2.45, 2.75) is 19.8 Å². The summed E-state index contributed by atoms with van der Waals surface area (Å²) in [7, 11) is 0. The molecule has 0 aliphatic rings. The van der Waals surface area contributed by atoms with Gasteiger partial charge in [0, 0.05) is 6.54 Å². The van der Waals surface area contributed by atoms with Gasteiger partial charge in [0.1, 0.15) is 0 Å². The van der Waals surface area contributed by atoms with Gasteiger partial charge in [-0.2, -0.15) is 0 Å². The number of hydrogen-bond donors (Lipinski definition) is 3. The molecule has 1 rings (SSSR count). The van der Waals surface area contributed by atoms with Crippen LogP contribution < -0.4 is 10.1 Å². The van der Waals surface area contributed by atoms with Crippen molar-refractivity contribution in [3.63, 3.8) is 0 Å². The molecule has 0 atom stereocenters. The first-order chi connectivity index (χ1) is 11.3. The van der Waals surface area contributed by atoms with E-state index in [2.05, 4.69) is 27.8 Å². The van der Waals surface area contributed by atoms with Crippen LogP contribution in [-0.4, -0.2) is 41.8 Å². The van der Waals surface area contributed by atoms with Crippen molar-refractivity contribution in [1.82, 2.24) is 5.32 Å². The van der Waals surface area contributed by atoms with Crippen LogP contribution >= 0.6 is 27.5 Å². The summed E-state index contributed by atoms with van der Waals surface area (Å²) in [6.45, 7) is 8.18. The third kappa shape index (κ3) is 10.3. The van der Waals surface area contributed by atoms with Crippen LogP contribution in [0.5, 0.6) is 5.75 Å². The lowest BCUT2D eigenvalue weighted by molar-refractivity contribution is -0.159. The van der Waals surface area contributed by atoms with E-state index in [1.54, 1.807) is 0 Å². The van der Waals surface area contributed by atoms with Crippen molar-refractivity contribution < 1.29 is 24.5 Å². The summed E-state index contributed by atoms with van der Waals surface area (Å²) in [6.07, 6.45) is 3.94. The zero-order valence-corrected chi connectivity index (χ0v) is 15.7. The Labute approximate surface area is 154 Å². The Balaban J connectivity index is 0.000000754. The monoisotopic (exact) mass is 421 g/mol. The smallest absolute Gasteiger partial charge is 0.414 e. The van der Waals surface area contributed by atoms with Crippen LogP contribution in [0.1, 0.15) is 18.4 Å². The number of carboxylic acid groups (broad SMARTS) is 2. The van der Waals surface area contributed by atoms with Gasteiger partial charge < -0.3 is 20.3 Å². The van der Waals surface area contributed by atoms with E-state index in [9.17, 15) is 0 Å². The summed E-state index contributed by atoms with van der Waals surface area (Å²) in [5, 5.41) is 18.7. The number of benzene rings is 1. The van der Waals surface area contributed by atoms with Crippen LogP contribution in [0.4, 0.5) is 0 Å². The van der Waals surface area contributed by atoms with Crippen molar-refractivity contribution in [2.24, 2.45) is 0 Å². The maximum Gasteiger partial charge on any atom is 0.414 e. The van der Waals surface area contributed by atoms with Crippen molar-refractivity contribution in [2.75, 3.05) is 19.7 Å². The number of rotatable bonds is 8. The topological polar surface area (TPSA) is 95.9 Å². The van der Waals surface area contributed by atoms with Crippen LogP contribution in [0.25, 0.3) is 0 Å². The van der Waals surface area contributed by atoms with Crippen LogP contribution in [0.3, 0.4) is 0 Å². The van der Waals surface area contributed by atoms with E-state index in [-0.39, 0.29) is 0 Å². The normalized spacial score (nSPS) is 9.62. The molecule has 134 valence electrons. The fourth-order valence-corrected chi connectivity index (χ4v) is 2.69. The maximum atomic E-state index is 9.10. The molecule has 1 aromatic rings. The second-order valence-corrected chi connectivity index (χ2v) is 5.98. The van der Waals surface area contributed by atoms with Crippen LogP contribution in [-0.2, 0) is 9.59 Å². The first-order valence-corrected chi connectivity index (χ1v) is 8.33. The second kappa shape index (κ2) is 12.8. The minimum absolute atomic E-state index is 0.659. The first kappa shape index (κ1) is 22.4. The first-order valence-electron chi connectivity index (χ1n) is 7.15. The molecule has 0 saturated heterocycles. The average Bonchev–Trinajstić information content (AvgIpc) is 2.49. The molecule has 0 aliphatic carbocycles. The lowest BCUT2D eigenvalue weighted by Crippen LogP contribution is -2.15. The van der Waals surface area contributed by atoms with Gasteiger partial charge in [-0.1, -0.05) is 17.7 Å². The molecule has 6 nitrogen and oxygen atoms in total. The van der Waals surface area contributed by atoms with Crippen LogP contribution in [0.2, 0.25) is 5.02 Å². The molecule has 0 aromatic heterocycles. The fraction of sp³-hybridized carbons (Fsp3) is 0.375. The highest BCUT2D eigenvalue weighted by Crippen LogP contribution is 2.34. The van der Waals surface area contributed by atoms with Gasteiger partial charge in [-0.15, -0.1) is 6.58 Å². The van der Waals surface area contributed by atoms with Gasteiger partial charge in [-0.25, -0.2) is 9.59 Å². The van der Waals surface area contributed by atoms with Gasteiger partial charge in [0.2, 0.25) is 0 Å². The number of carbonyl (C=O) groups is 2. The third-order valence-electron chi connectivity index (χ3n) is 2.61. The number of carboxylic acids is 2. The van der Waals surface area contributed by atoms with Crippen LogP contribution in [0.15, 0.2) is 29.3 Å². The molecule has 8 heteroatoms. The summed E-state index contributed by atoms with van der Waals surface area (Å²) in [5.41, 5.74) is 1.12. The van der Waals surface area contributed by atoms with Gasteiger partial charge in [0.25, 0.3) is 0 Å². The predicted molar refractivity (Wildman–Crippen MR) is 97.0 cm³/mol. The highest BCUT2D eigenvalue weighted by Gasteiger charge is 2.07. The molecule has 24 heavy (non-hydrogen) atoms. The average molecular weight is 423 g/mol. The Hall–Kier alpha value is -1.57. The highest BCUT2D eigenvalue weighted by molar-refractivity contribution is 9.10. The standard InChI is InChI=1S/C14H19BrClNO.C2H2O4/c1-3-6-17-7-4-5-8-18-14-12(15)9-11(2)10-13(14)16;3-1(4)2(5)6/h3,9-10,17H,1,4-8H2,2H3;(H,3,4)(H,5,6). The number of halogens is 2. The Morgan fingerprint density at radius 1 is 1.33 bits per heavy atom. The van der Waals surface area contributed by atoms with E-state index in [1.807, 2.05) is 25.1 Å². The Kier molecular flexibility index (Phi) is 12.0. The second-order valence-electron chi connectivity index (χ2n) is 4.72. The van der Waals surface area contributed by atoms with E-state index >= 15 is 0 Å². The van der Waals surface area contributed by atoms with E-state index in [0.717, 1.165) is 41.7 Å². The third-order valence-corrected chi connectivity index (χ3v) is 3.48. The highest BCUT2D eigenvalue weighted by atomic mass is 79.9. The number of aliphatic carboxylic acids is 2. The molecule has 3 N–H and O–H groups in total. The quantitative estimate of drug-likeness (QED) is 0.337. The molecule has 0 spiro atoms. The summed E-state index contributed by atoms with van der Waals surface area (Å²) in [4.78, 5) is 18.2. The summed E-state index contributed by atoms with van der Waals surface area (Å²) >= 11 is 9.61. The molecule has 0 heterocycles. The summed E-state index contributed by atoms with van der Waals surface area (Å²) in [6, 6.07) is 3.92. The van der Waals surface area contributed by atoms with Gasteiger partial charge in [-0.05, 0) is 59.9 Å². The minimum Gasteiger partial charge on any atom is -0.491 e. The zero-order chi connectivity index (χ0) is 18.5. The molecular weight excluding hydrogens is 402 g/mol. The number of hydrogen-bond acceptors (Lipinski definition) is 4. The van der Waals surface area contributed by atoms with Gasteiger partial charge in [0.05, 0.1) is 16.1 Å². The molecule has 0 amide bonds. The van der Waals surface area contributed by atoms with Crippen molar-refractivity contribution in [1.29, 1.82) is 0 Å². The van der Waals surface area contributed by atoms with Crippen molar-refractivity contribution in [3.05, 3.63) is 39.8 Å². The largest absolute Gasteiger partial charge is 0.491 e. The van der Waals surface area contributed by atoms with Gasteiger partial charge >= 0.3 is 11.9 Å². The Bertz CT molecular complexity index is 530. The lowest BCUT2D eigenvalue weighted by Gasteiger charge is -2.11. The van der Waals surface area contributed by atoms with Gasteiger partial charge in [0.15, 0.2) is 5.75 Å². The van der Waals surface area contributed by atoms with E-state index in [1.165, 1.54) is 0 Å². The predicted octanol–water partition coefficient (Wildman–Crippen LogP) is 3.50. The molecule has 0 bridgehead atoms. The molecule has 0 unspecified atom stereocenters. The fourth-order valence-electron chi connectivity index (χ4n) is 1.55. The zero-order valence-electron chi connectivity index (χ0n) is 13.3. The molecular formula is C16H21BrClNO5. The SMILES string of the molecule is C=CCNCCCCOc1c(Cl)cc(C)cc1Br.O=C(O)C(=O)O.